The van der Waals surface area contributed by atoms with Crippen LogP contribution in [-0.4, -0.2) is 7.11 Å². The van der Waals surface area contributed by atoms with Crippen LogP contribution in [0.5, 0.6) is 5.75 Å². The lowest BCUT2D eigenvalue weighted by molar-refractivity contribution is 0.415. The molecular weight excluding hydrogens is 220 g/mol. The molecule has 0 N–H and O–H groups in total. The highest BCUT2D eigenvalue weighted by atomic mass is 16.5. The second-order valence-corrected chi connectivity index (χ2v) is 4.31. The fourth-order valence-corrected chi connectivity index (χ4v) is 2.29. The molecule has 93 valence electrons. The molecule has 0 bridgehead atoms. The van der Waals surface area contributed by atoms with Gasteiger partial charge in [-0.3, -0.25) is 0 Å². The second kappa shape index (κ2) is 5.72. The first-order valence-corrected chi connectivity index (χ1v) is 6.47. The fourth-order valence-electron chi connectivity index (χ4n) is 2.29. The lowest BCUT2D eigenvalue weighted by Crippen LogP contribution is -1.93. The predicted molar refractivity (Wildman–Crippen MR) is 76.0 cm³/mol. The van der Waals surface area contributed by atoms with Gasteiger partial charge in [0.25, 0.3) is 0 Å². The van der Waals surface area contributed by atoms with Crippen molar-refractivity contribution >= 4 is 0 Å². The number of hydrogen-bond acceptors (Lipinski definition) is 1. The summed E-state index contributed by atoms with van der Waals surface area (Å²) in [5.41, 5.74) is 5.16. The van der Waals surface area contributed by atoms with Gasteiger partial charge in [0.05, 0.1) is 7.11 Å². The third-order valence-electron chi connectivity index (χ3n) is 3.30. The van der Waals surface area contributed by atoms with Crippen LogP contribution in [0, 0.1) is 6.07 Å². The van der Waals surface area contributed by atoms with E-state index in [2.05, 4.69) is 44.2 Å². The Kier molecular flexibility index (Phi) is 4.03. The van der Waals surface area contributed by atoms with E-state index < -0.39 is 0 Å². The van der Waals surface area contributed by atoms with E-state index in [1.165, 1.54) is 16.7 Å². The van der Waals surface area contributed by atoms with Crippen molar-refractivity contribution < 1.29 is 4.74 Å². The summed E-state index contributed by atoms with van der Waals surface area (Å²) < 4.78 is 5.37. The molecule has 1 nitrogen and oxygen atoms in total. The van der Waals surface area contributed by atoms with Crippen LogP contribution in [0.15, 0.2) is 36.4 Å². The number of para-hydroxylation sites is 1. The molecule has 0 aliphatic heterocycles. The summed E-state index contributed by atoms with van der Waals surface area (Å²) in [4.78, 5) is 0. The quantitative estimate of drug-likeness (QED) is 0.773. The maximum absolute atomic E-state index is 5.37. The van der Waals surface area contributed by atoms with Crippen LogP contribution in [0.3, 0.4) is 0 Å². The molecule has 0 saturated heterocycles. The average molecular weight is 239 g/mol. The Labute approximate surface area is 109 Å². The second-order valence-electron chi connectivity index (χ2n) is 4.31. The topological polar surface area (TPSA) is 9.23 Å². The number of aryl methyl sites for hydroxylation is 2. The molecule has 0 aliphatic carbocycles. The molecule has 18 heavy (non-hydrogen) atoms. The lowest BCUT2D eigenvalue weighted by Gasteiger charge is -2.11. The van der Waals surface area contributed by atoms with E-state index in [0.29, 0.717) is 0 Å². The Balaban J connectivity index is 2.51. The molecule has 2 aromatic carbocycles. The van der Waals surface area contributed by atoms with Gasteiger partial charge in [-0.05, 0) is 29.5 Å². The van der Waals surface area contributed by atoms with E-state index >= 15 is 0 Å². The summed E-state index contributed by atoms with van der Waals surface area (Å²) in [6.07, 6.45) is 2.15. The van der Waals surface area contributed by atoms with Gasteiger partial charge in [0.1, 0.15) is 5.75 Å². The Hall–Kier alpha value is -1.76. The molecule has 2 aromatic rings. The van der Waals surface area contributed by atoms with Gasteiger partial charge in [0, 0.05) is 11.6 Å². The van der Waals surface area contributed by atoms with Gasteiger partial charge in [0.2, 0.25) is 0 Å². The molecule has 0 spiro atoms. The summed E-state index contributed by atoms with van der Waals surface area (Å²) in [5, 5.41) is 0. The van der Waals surface area contributed by atoms with Gasteiger partial charge in [-0.15, -0.1) is 0 Å². The molecule has 1 radical (unpaired) electrons. The molecule has 0 atom stereocenters. The van der Waals surface area contributed by atoms with Crippen LogP contribution in [-0.2, 0) is 12.8 Å². The number of benzene rings is 2. The van der Waals surface area contributed by atoms with Crippen molar-refractivity contribution in [1.29, 1.82) is 0 Å². The van der Waals surface area contributed by atoms with Crippen LogP contribution in [0.2, 0.25) is 0 Å². The van der Waals surface area contributed by atoms with Crippen molar-refractivity contribution in [3.05, 3.63) is 53.6 Å². The zero-order valence-corrected chi connectivity index (χ0v) is 11.3. The highest BCUT2D eigenvalue weighted by Gasteiger charge is 2.07. The number of methoxy groups -OCH3 is 1. The Morgan fingerprint density at radius 3 is 2.50 bits per heavy atom. The first kappa shape index (κ1) is 12.7. The largest absolute Gasteiger partial charge is 0.495 e. The lowest BCUT2D eigenvalue weighted by atomic mass is 9.96. The monoisotopic (exact) mass is 239 g/mol. The van der Waals surface area contributed by atoms with Crippen LogP contribution in [0.1, 0.15) is 25.0 Å². The predicted octanol–water partition coefficient (Wildman–Crippen LogP) is 4.29. The van der Waals surface area contributed by atoms with Crippen molar-refractivity contribution in [3.8, 4) is 16.9 Å². The van der Waals surface area contributed by atoms with Crippen LogP contribution < -0.4 is 4.74 Å². The standard InChI is InChI=1S/C17H19O/c1-4-13-10-11-15(12-14(13)5-2)16-8-6-7-9-17(16)18-3/h6-8,10-12H,4-5H2,1-3H3. The van der Waals surface area contributed by atoms with Gasteiger partial charge in [-0.25, -0.2) is 0 Å². The van der Waals surface area contributed by atoms with Gasteiger partial charge in [0.15, 0.2) is 0 Å². The van der Waals surface area contributed by atoms with Crippen molar-refractivity contribution in [2.45, 2.75) is 26.7 Å². The molecule has 0 unspecified atom stereocenters. The summed E-state index contributed by atoms with van der Waals surface area (Å²) in [7, 11) is 1.69. The molecule has 0 amide bonds. The first-order valence-electron chi connectivity index (χ1n) is 6.47. The Morgan fingerprint density at radius 1 is 1.06 bits per heavy atom. The van der Waals surface area contributed by atoms with Crippen LogP contribution in [0.4, 0.5) is 0 Å². The van der Waals surface area contributed by atoms with Crippen molar-refractivity contribution in [3.63, 3.8) is 0 Å². The van der Waals surface area contributed by atoms with E-state index in [1.54, 1.807) is 7.11 Å². The fraction of sp³-hybridized carbons (Fsp3) is 0.294. The average Bonchev–Trinajstić information content (AvgIpc) is 2.46. The minimum absolute atomic E-state index is 0.809. The third kappa shape index (κ3) is 2.40. The van der Waals surface area contributed by atoms with E-state index in [1.807, 2.05) is 12.1 Å². The molecule has 0 aliphatic rings. The van der Waals surface area contributed by atoms with Crippen LogP contribution in [0.25, 0.3) is 11.1 Å². The van der Waals surface area contributed by atoms with Gasteiger partial charge in [-0.1, -0.05) is 50.2 Å². The molecule has 0 saturated carbocycles. The minimum atomic E-state index is 0.809. The highest BCUT2D eigenvalue weighted by Crippen LogP contribution is 2.30. The minimum Gasteiger partial charge on any atom is -0.495 e. The van der Waals surface area contributed by atoms with Crippen molar-refractivity contribution in [1.82, 2.24) is 0 Å². The van der Waals surface area contributed by atoms with E-state index in [0.717, 1.165) is 24.2 Å². The summed E-state index contributed by atoms with van der Waals surface area (Å²) in [5.74, 6) is 0.809. The molecule has 1 heteroatoms. The van der Waals surface area contributed by atoms with E-state index in [9.17, 15) is 0 Å². The van der Waals surface area contributed by atoms with Crippen molar-refractivity contribution in [2.24, 2.45) is 0 Å². The normalized spacial score (nSPS) is 10.4. The van der Waals surface area contributed by atoms with Gasteiger partial charge < -0.3 is 4.74 Å². The number of ether oxygens (including phenoxy) is 1. The van der Waals surface area contributed by atoms with Crippen molar-refractivity contribution in [2.75, 3.05) is 7.11 Å². The summed E-state index contributed by atoms with van der Waals surface area (Å²) in [6.45, 7) is 4.40. The molecule has 0 fully saturated rings. The highest BCUT2D eigenvalue weighted by molar-refractivity contribution is 5.71. The zero-order chi connectivity index (χ0) is 13.0. The van der Waals surface area contributed by atoms with E-state index in [4.69, 9.17) is 4.74 Å². The number of rotatable bonds is 4. The van der Waals surface area contributed by atoms with Crippen LogP contribution >= 0.6 is 0 Å². The Morgan fingerprint density at radius 2 is 1.83 bits per heavy atom. The molecule has 2 rings (SSSR count). The smallest absolute Gasteiger partial charge is 0.134 e. The first-order chi connectivity index (χ1) is 8.80. The maximum Gasteiger partial charge on any atom is 0.134 e. The molecular formula is C17H19O. The van der Waals surface area contributed by atoms with E-state index in [-0.39, 0.29) is 0 Å². The number of hydrogen-bond donors (Lipinski definition) is 0. The van der Waals surface area contributed by atoms with Gasteiger partial charge in [-0.2, -0.15) is 0 Å². The zero-order valence-electron chi connectivity index (χ0n) is 11.3. The molecule has 0 heterocycles. The molecule has 0 aromatic heterocycles. The van der Waals surface area contributed by atoms with Gasteiger partial charge >= 0.3 is 0 Å². The third-order valence-corrected chi connectivity index (χ3v) is 3.30. The summed E-state index contributed by atoms with van der Waals surface area (Å²) >= 11 is 0. The SMILES string of the molecule is CCc1ccc(-c2ccc[c]c2OC)cc1CC. The maximum atomic E-state index is 5.37. The Bertz CT molecular complexity index is 529. The summed E-state index contributed by atoms with van der Waals surface area (Å²) in [6, 6.07) is 15.7.